The first kappa shape index (κ1) is 15.8. The first-order valence-corrected chi connectivity index (χ1v) is 8.99. The number of piperidine rings is 1. The van der Waals surface area contributed by atoms with Gasteiger partial charge in [0.15, 0.2) is 5.13 Å². The first-order valence-electron chi connectivity index (χ1n) is 8.18. The van der Waals surface area contributed by atoms with Gasteiger partial charge in [-0.05, 0) is 43.2 Å². The molecule has 0 saturated carbocycles. The lowest BCUT2D eigenvalue weighted by molar-refractivity contribution is -0.143. The molecule has 1 saturated heterocycles. The minimum absolute atomic E-state index is 0.108. The third-order valence-electron chi connectivity index (χ3n) is 4.51. The van der Waals surface area contributed by atoms with Crippen LogP contribution in [0.1, 0.15) is 23.2 Å². The summed E-state index contributed by atoms with van der Waals surface area (Å²) in [6.07, 6.45) is 5.23. The molecule has 7 heteroatoms. The van der Waals surface area contributed by atoms with E-state index < -0.39 is 11.9 Å². The number of likely N-dealkylation sites (tertiary alicyclic amines) is 1. The van der Waals surface area contributed by atoms with Gasteiger partial charge in [-0.3, -0.25) is 9.59 Å². The van der Waals surface area contributed by atoms with Crippen LogP contribution in [0.3, 0.4) is 0 Å². The number of thiazole rings is 1. The fraction of sp³-hybridized carbons (Fsp3) is 0.278. The molecule has 0 aliphatic carbocycles. The van der Waals surface area contributed by atoms with Crippen LogP contribution in [0, 0.1) is 5.92 Å². The van der Waals surface area contributed by atoms with Crippen molar-refractivity contribution in [2.45, 2.75) is 12.8 Å². The molecule has 4 rings (SSSR count). The van der Waals surface area contributed by atoms with Crippen molar-refractivity contribution in [3.63, 3.8) is 0 Å². The molecule has 2 aromatic heterocycles. The van der Waals surface area contributed by atoms with Gasteiger partial charge < -0.3 is 14.6 Å². The average Bonchev–Trinajstić information content (AvgIpc) is 3.29. The monoisotopic (exact) mass is 355 g/mol. The molecule has 0 spiro atoms. The summed E-state index contributed by atoms with van der Waals surface area (Å²) >= 11 is 1.53. The molecule has 0 bridgehead atoms. The molecule has 0 radical (unpaired) electrons. The van der Waals surface area contributed by atoms with E-state index in [0.717, 1.165) is 21.8 Å². The summed E-state index contributed by atoms with van der Waals surface area (Å²) in [5, 5.41) is 10.1. The molecule has 1 aliphatic heterocycles. The number of nitrogens with zero attached hydrogens (tertiary/aromatic N) is 3. The third-order valence-corrected chi connectivity index (χ3v) is 5.54. The fourth-order valence-electron chi connectivity index (χ4n) is 3.16. The van der Waals surface area contributed by atoms with E-state index in [2.05, 4.69) is 4.98 Å². The zero-order valence-corrected chi connectivity index (χ0v) is 14.3. The molecule has 1 N–H and O–H groups in total. The second-order valence-corrected chi connectivity index (χ2v) is 7.21. The fourth-order valence-corrected chi connectivity index (χ4v) is 4.14. The zero-order chi connectivity index (χ0) is 17.4. The molecule has 1 fully saturated rings. The highest BCUT2D eigenvalue weighted by molar-refractivity contribution is 7.20. The molecule has 6 nitrogen and oxygen atoms in total. The smallest absolute Gasteiger partial charge is 0.308 e. The van der Waals surface area contributed by atoms with Crippen LogP contribution in [0.4, 0.5) is 0 Å². The number of fused-ring (bicyclic) bond motifs is 1. The Morgan fingerprint density at radius 1 is 1.24 bits per heavy atom. The zero-order valence-electron chi connectivity index (χ0n) is 13.5. The summed E-state index contributed by atoms with van der Waals surface area (Å²) in [5.41, 5.74) is 1.44. The molecule has 128 valence electrons. The van der Waals surface area contributed by atoms with Crippen molar-refractivity contribution in [2.75, 3.05) is 13.1 Å². The first-order chi connectivity index (χ1) is 12.1. The summed E-state index contributed by atoms with van der Waals surface area (Å²) < 4.78 is 2.88. The Bertz CT molecular complexity index is 932. The van der Waals surface area contributed by atoms with Crippen molar-refractivity contribution in [1.29, 1.82) is 0 Å². The number of carbonyl (C=O) groups excluding carboxylic acids is 1. The largest absolute Gasteiger partial charge is 0.481 e. The van der Waals surface area contributed by atoms with Gasteiger partial charge in [0, 0.05) is 31.0 Å². The van der Waals surface area contributed by atoms with Crippen molar-refractivity contribution in [3.8, 4) is 5.13 Å². The number of aromatic nitrogens is 2. The minimum Gasteiger partial charge on any atom is -0.481 e. The van der Waals surface area contributed by atoms with Crippen LogP contribution in [0.2, 0.25) is 0 Å². The molecular formula is C18H17N3O3S. The van der Waals surface area contributed by atoms with E-state index in [1.807, 2.05) is 41.2 Å². The number of hydrogen-bond donors (Lipinski definition) is 1. The SMILES string of the molecule is O=C(O)[C@H]1CCCN(C(=O)c2ccc3nc(-n4cccc4)sc3c2)C1. The Kier molecular flexibility index (Phi) is 4.01. The second kappa shape index (κ2) is 6.33. The van der Waals surface area contributed by atoms with Gasteiger partial charge in [0.2, 0.25) is 0 Å². The maximum absolute atomic E-state index is 12.8. The average molecular weight is 355 g/mol. The number of amides is 1. The summed E-state index contributed by atoms with van der Waals surface area (Å²) in [6, 6.07) is 9.36. The van der Waals surface area contributed by atoms with Crippen molar-refractivity contribution in [3.05, 3.63) is 48.3 Å². The second-order valence-electron chi connectivity index (χ2n) is 6.20. The number of carbonyl (C=O) groups is 2. The highest BCUT2D eigenvalue weighted by atomic mass is 32.1. The summed E-state index contributed by atoms with van der Waals surface area (Å²) in [5.74, 6) is -1.40. The van der Waals surface area contributed by atoms with Crippen LogP contribution < -0.4 is 0 Å². The summed E-state index contributed by atoms with van der Waals surface area (Å²) in [7, 11) is 0. The van der Waals surface area contributed by atoms with Gasteiger partial charge in [-0.15, -0.1) is 0 Å². The number of hydrogen-bond acceptors (Lipinski definition) is 4. The van der Waals surface area contributed by atoms with Crippen molar-refractivity contribution in [2.24, 2.45) is 5.92 Å². The topological polar surface area (TPSA) is 75.4 Å². The minimum atomic E-state index is -0.827. The predicted octanol–water partition coefficient (Wildman–Crippen LogP) is 3.02. The van der Waals surface area contributed by atoms with Gasteiger partial charge in [-0.1, -0.05) is 11.3 Å². The Balaban J connectivity index is 1.60. The van der Waals surface area contributed by atoms with Crippen molar-refractivity contribution in [1.82, 2.24) is 14.5 Å². The van der Waals surface area contributed by atoms with Crippen molar-refractivity contribution < 1.29 is 14.7 Å². The van der Waals surface area contributed by atoms with Gasteiger partial charge in [-0.2, -0.15) is 0 Å². The third kappa shape index (κ3) is 3.02. The van der Waals surface area contributed by atoms with Crippen LogP contribution in [0.25, 0.3) is 15.3 Å². The van der Waals surface area contributed by atoms with Gasteiger partial charge in [0.05, 0.1) is 16.1 Å². The normalized spacial score (nSPS) is 17.8. The standard InChI is InChI=1S/C18H17N3O3S/c22-16(21-9-3-4-13(11-21)17(23)24)12-5-6-14-15(10-12)25-18(19-14)20-7-1-2-8-20/h1-2,5-8,10,13H,3-4,9,11H2,(H,23,24)/t13-/m0/s1. The van der Waals surface area contributed by atoms with E-state index in [4.69, 9.17) is 0 Å². The quantitative estimate of drug-likeness (QED) is 0.784. The molecule has 25 heavy (non-hydrogen) atoms. The van der Waals surface area contributed by atoms with Crippen LogP contribution in [0.15, 0.2) is 42.7 Å². The lowest BCUT2D eigenvalue weighted by Gasteiger charge is -2.30. The van der Waals surface area contributed by atoms with E-state index in [-0.39, 0.29) is 12.5 Å². The van der Waals surface area contributed by atoms with Gasteiger partial charge in [0.25, 0.3) is 5.91 Å². The van der Waals surface area contributed by atoms with Crippen LogP contribution in [-0.4, -0.2) is 44.5 Å². The highest BCUT2D eigenvalue weighted by Gasteiger charge is 2.28. The molecule has 0 unspecified atom stereocenters. The van der Waals surface area contributed by atoms with Crippen LogP contribution in [0.5, 0.6) is 0 Å². The van der Waals surface area contributed by atoms with Gasteiger partial charge in [0.1, 0.15) is 0 Å². The summed E-state index contributed by atoms with van der Waals surface area (Å²) in [6.45, 7) is 0.890. The highest BCUT2D eigenvalue weighted by Crippen LogP contribution is 2.27. The van der Waals surface area contributed by atoms with E-state index in [1.165, 1.54) is 11.3 Å². The van der Waals surface area contributed by atoms with E-state index in [0.29, 0.717) is 18.5 Å². The lowest BCUT2D eigenvalue weighted by Crippen LogP contribution is -2.42. The number of carboxylic acids is 1. The summed E-state index contributed by atoms with van der Waals surface area (Å²) in [4.78, 5) is 30.2. The van der Waals surface area contributed by atoms with E-state index in [9.17, 15) is 14.7 Å². The molecule has 3 aromatic rings. The Morgan fingerprint density at radius 3 is 2.80 bits per heavy atom. The van der Waals surface area contributed by atoms with E-state index >= 15 is 0 Å². The molecule has 1 amide bonds. The number of rotatable bonds is 3. The van der Waals surface area contributed by atoms with Gasteiger partial charge in [-0.25, -0.2) is 4.98 Å². The van der Waals surface area contributed by atoms with Crippen LogP contribution in [-0.2, 0) is 4.79 Å². The van der Waals surface area contributed by atoms with E-state index in [1.54, 1.807) is 11.0 Å². The van der Waals surface area contributed by atoms with Crippen molar-refractivity contribution >= 4 is 33.4 Å². The molecular weight excluding hydrogens is 338 g/mol. The molecule has 1 aromatic carbocycles. The Morgan fingerprint density at radius 2 is 2.04 bits per heavy atom. The number of carboxylic acid groups (broad SMARTS) is 1. The van der Waals surface area contributed by atoms with Crippen LogP contribution >= 0.6 is 11.3 Å². The molecule has 1 atom stereocenters. The Labute approximate surface area is 148 Å². The molecule has 1 aliphatic rings. The Hall–Kier alpha value is -2.67. The lowest BCUT2D eigenvalue weighted by atomic mass is 9.97. The maximum atomic E-state index is 12.8. The molecule has 3 heterocycles. The number of benzene rings is 1. The number of aliphatic carboxylic acids is 1. The van der Waals surface area contributed by atoms with Gasteiger partial charge >= 0.3 is 5.97 Å². The predicted molar refractivity (Wildman–Crippen MR) is 95.2 cm³/mol. The maximum Gasteiger partial charge on any atom is 0.308 e.